The second-order valence-electron chi connectivity index (χ2n) is 4.84. The number of amides is 1. The Hall–Kier alpha value is -1.83. The van der Waals surface area contributed by atoms with Crippen LogP contribution < -0.4 is 10.9 Å². The summed E-state index contributed by atoms with van der Waals surface area (Å²) in [6, 6.07) is 1.36. The summed E-state index contributed by atoms with van der Waals surface area (Å²) in [5.74, 6) is -0.439. The number of nitrogens with one attached hydrogen (secondary N) is 2. The third-order valence-electron chi connectivity index (χ3n) is 2.80. The van der Waals surface area contributed by atoms with Crippen LogP contribution in [0.5, 0.6) is 0 Å². The molecule has 1 amide bonds. The van der Waals surface area contributed by atoms with Crippen LogP contribution >= 0.6 is 11.8 Å². The Morgan fingerprint density at radius 2 is 2.23 bits per heavy atom. The Bertz CT molecular complexity index is 573. The van der Waals surface area contributed by atoms with E-state index in [9.17, 15) is 14.4 Å². The van der Waals surface area contributed by atoms with Crippen molar-refractivity contribution < 1.29 is 14.3 Å². The summed E-state index contributed by atoms with van der Waals surface area (Å²) in [7, 11) is 1.27. The molecule has 0 bridgehead atoms. The van der Waals surface area contributed by atoms with E-state index in [1.807, 2.05) is 6.92 Å². The van der Waals surface area contributed by atoms with E-state index < -0.39 is 5.97 Å². The zero-order valence-corrected chi connectivity index (χ0v) is 13.8. The molecule has 7 nitrogen and oxygen atoms in total. The van der Waals surface area contributed by atoms with Gasteiger partial charge in [-0.2, -0.15) is 0 Å². The lowest BCUT2D eigenvalue weighted by Gasteiger charge is -2.12. The molecule has 0 aliphatic rings. The molecular weight excluding hydrogens is 306 g/mol. The number of aromatic nitrogens is 2. The van der Waals surface area contributed by atoms with Crippen LogP contribution in [-0.2, 0) is 20.7 Å². The first-order valence-electron chi connectivity index (χ1n) is 7.03. The van der Waals surface area contributed by atoms with Gasteiger partial charge in [0.05, 0.1) is 25.0 Å². The Kier molecular flexibility index (Phi) is 7.65. The molecular formula is C14H21N3O4S. The van der Waals surface area contributed by atoms with E-state index in [0.29, 0.717) is 10.9 Å². The minimum Gasteiger partial charge on any atom is -0.469 e. The van der Waals surface area contributed by atoms with Gasteiger partial charge in [0, 0.05) is 12.1 Å². The fraction of sp³-hybridized carbons (Fsp3) is 0.571. The molecule has 0 aliphatic carbocycles. The predicted octanol–water partition coefficient (Wildman–Crippen LogP) is 0.882. The first-order chi connectivity index (χ1) is 10.4. The van der Waals surface area contributed by atoms with E-state index in [-0.39, 0.29) is 29.7 Å². The van der Waals surface area contributed by atoms with E-state index in [0.717, 1.165) is 24.6 Å². The standard InChI is InChI=1S/C14H21N3O4S/c1-4-5-9(2)15-12(19)8-22-14-16-10(6-11(18)17-14)7-13(20)21-3/h6,9H,4-5,7-8H2,1-3H3,(H,15,19)(H,16,17,18)/t9-/m1/s1. The van der Waals surface area contributed by atoms with Crippen molar-refractivity contribution in [1.82, 2.24) is 15.3 Å². The molecule has 1 heterocycles. The molecule has 8 heteroatoms. The maximum atomic E-state index is 11.8. The van der Waals surface area contributed by atoms with Crippen LogP contribution in [0.2, 0.25) is 0 Å². The topological polar surface area (TPSA) is 101 Å². The minimum atomic E-state index is -0.472. The number of carbonyl (C=O) groups excluding carboxylic acids is 2. The van der Waals surface area contributed by atoms with Crippen LogP contribution in [0.15, 0.2) is 16.0 Å². The molecule has 0 aliphatic heterocycles. The summed E-state index contributed by atoms with van der Waals surface area (Å²) in [4.78, 5) is 41.2. The highest BCUT2D eigenvalue weighted by Gasteiger charge is 2.10. The third kappa shape index (κ3) is 6.75. The number of rotatable bonds is 8. The number of methoxy groups -OCH3 is 1. The zero-order chi connectivity index (χ0) is 16.5. The van der Waals surface area contributed by atoms with Gasteiger partial charge in [-0.3, -0.25) is 14.4 Å². The first-order valence-corrected chi connectivity index (χ1v) is 8.02. The van der Waals surface area contributed by atoms with Crippen LogP contribution in [0.25, 0.3) is 0 Å². The molecule has 1 aromatic heterocycles. The monoisotopic (exact) mass is 327 g/mol. The van der Waals surface area contributed by atoms with Gasteiger partial charge >= 0.3 is 5.97 Å². The number of carbonyl (C=O) groups is 2. The molecule has 22 heavy (non-hydrogen) atoms. The number of nitrogens with zero attached hydrogens (tertiary/aromatic N) is 1. The first kappa shape index (κ1) is 18.2. The van der Waals surface area contributed by atoms with E-state index in [4.69, 9.17) is 0 Å². The Labute approximate surface area is 133 Å². The van der Waals surface area contributed by atoms with Gasteiger partial charge in [-0.25, -0.2) is 4.98 Å². The highest BCUT2D eigenvalue weighted by atomic mass is 32.2. The maximum absolute atomic E-state index is 11.8. The van der Waals surface area contributed by atoms with Crippen LogP contribution in [0.3, 0.4) is 0 Å². The smallest absolute Gasteiger partial charge is 0.311 e. The van der Waals surface area contributed by atoms with Gasteiger partial charge in [0.25, 0.3) is 5.56 Å². The quantitative estimate of drug-likeness (QED) is 0.418. The van der Waals surface area contributed by atoms with Crippen molar-refractivity contribution >= 4 is 23.6 Å². The molecule has 122 valence electrons. The van der Waals surface area contributed by atoms with E-state index in [1.165, 1.54) is 13.2 Å². The van der Waals surface area contributed by atoms with E-state index >= 15 is 0 Å². The van der Waals surface area contributed by atoms with Gasteiger partial charge in [-0.15, -0.1) is 0 Å². The van der Waals surface area contributed by atoms with Crippen molar-refractivity contribution in [3.8, 4) is 0 Å². The van der Waals surface area contributed by atoms with Crippen molar-refractivity contribution in [2.45, 2.75) is 44.3 Å². The summed E-state index contributed by atoms with van der Waals surface area (Å²) in [6.07, 6.45) is 1.84. The van der Waals surface area contributed by atoms with Crippen LogP contribution in [0, 0.1) is 0 Å². The fourth-order valence-electron chi connectivity index (χ4n) is 1.82. The highest BCUT2D eigenvalue weighted by Crippen LogP contribution is 2.11. The van der Waals surface area contributed by atoms with Gasteiger partial charge in [0.1, 0.15) is 0 Å². The summed E-state index contributed by atoms with van der Waals surface area (Å²) in [6.45, 7) is 4.00. The average molecular weight is 327 g/mol. The summed E-state index contributed by atoms with van der Waals surface area (Å²) < 4.78 is 4.54. The lowest BCUT2D eigenvalue weighted by atomic mass is 10.2. The van der Waals surface area contributed by atoms with Crippen LogP contribution in [0.4, 0.5) is 0 Å². The normalized spacial score (nSPS) is 11.8. The largest absolute Gasteiger partial charge is 0.469 e. The molecule has 0 aromatic carbocycles. The molecule has 0 spiro atoms. The number of H-pyrrole nitrogens is 1. The second kappa shape index (κ2) is 9.24. The molecule has 0 radical (unpaired) electrons. The van der Waals surface area contributed by atoms with Crippen LogP contribution in [-0.4, -0.2) is 40.7 Å². The summed E-state index contributed by atoms with van der Waals surface area (Å²) in [5.41, 5.74) is -0.0472. The number of hydrogen-bond acceptors (Lipinski definition) is 6. The van der Waals surface area contributed by atoms with Crippen molar-refractivity contribution in [2.24, 2.45) is 0 Å². The van der Waals surface area contributed by atoms with Crippen molar-refractivity contribution in [2.75, 3.05) is 12.9 Å². The number of esters is 1. The summed E-state index contributed by atoms with van der Waals surface area (Å²) in [5, 5.41) is 3.18. The molecule has 1 rings (SSSR count). The molecule has 0 unspecified atom stereocenters. The van der Waals surface area contributed by atoms with Gasteiger partial charge in [-0.05, 0) is 13.3 Å². The van der Waals surface area contributed by atoms with Crippen molar-refractivity contribution in [1.29, 1.82) is 0 Å². The molecule has 0 saturated carbocycles. The maximum Gasteiger partial charge on any atom is 0.311 e. The Morgan fingerprint density at radius 1 is 1.50 bits per heavy atom. The predicted molar refractivity (Wildman–Crippen MR) is 83.8 cm³/mol. The minimum absolute atomic E-state index is 0.0757. The van der Waals surface area contributed by atoms with Crippen LogP contribution in [0.1, 0.15) is 32.4 Å². The second-order valence-corrected chi connectivity index (χ2v) is 5.80. The molecule has 1 atom stereocenters. The number of thioether (sulfide) groups is 1. The number of ether oxygens (including phenoxy) is 1. The molecule has 0 saturated heterocycles. The molecule has 0 fully saturated rings. The molecule has 1 aromatic rings. The van der Waals surface area contributed by atoms with Crippen molar-refractivity contribution in [3.63, 3.8) is 0 Å². The number of hydrogen-bond donors (Lipinski definition) is 2. The summed E-state index contributed by atoms with van der Waals surface area (Å²) >= 11 is 1.12. The Balaban J connectivity index is 2.60. The van der Waals surface area contributed by atoms with Crippen molar-refractivity contribution in [3.05, 3.63) is 22.1 Å². The molecule has 2 N–H and O–H groups in total. The van der Waals surface area contributed by atoms with Gasteiger partial charge in [0.2, 0.25) is 5.91 Å². The third-order valence-corrected chi connectivity index (χ3v) is 3.67. The Morgan fingerprint density at radius 3 is 2.86 bits per heavy atom. The fourth-order valence-corrected chi connectivity index (χ4v) is 2.52. The lowest BCUT2D eigenvalue weighted by molar-refractivity contribution is -0.139. The van der Waals surface area contributed by atoms with Gasteiger partial charge < -0.3 is 15.0 Å². The SMILES string of the molecule is CCC[C@@H](C)NC(=O)CSc1nc(CC(=O)OC)cc(=O)[nH]1. The van der Waals surface area contributed by atoms with E-state index in [2.05, 4.69) is 26.9 Å². The zero-order valence-electron chi connectivity index (χ0n) is 13.0. The highest BCUT2D eigenvalue weighted by molar-refractivity contribution is 7.99. The average Bonchev–Trinajstić information content (AvgIpc) is 2.44. The number of aromatic amines is 1. The lowest BCUT2D eigenvalue weighted by Crippen LogP contribution is -2.33. The van der Waals surface area contributed by atoms with E-state index in [1.54, 1.807) is 0 Å². The van der Waals surface area contributed by atoms with Gasteiger partial charge in [0.15, 0.2) is 5.16 Å². The van der Waals surface area contributed by atoms with Gasteiger partial charge in [-0.1, -0.05) is 25.1 Å².